The molecule has 0 saturated carbocycles. The molecular formula is C37H35F3N2O6. The SMILES string of the molecule is O=C(O)C(F)(F)F.O=C1c2ccccc2C(=O)N1c1ccc(OCCCN2CCC(C(O)(c3ccccc3)c3ccccc3)CC2)cc1. The lowest BCUT2D eigenvalue weighted by Gasteiger charge is -2.42. The van der Waals surface area contributed by atoms with Gasteiger partial charge >= 0.3 is 12.1 Å². The van der Waals surface area contributed by atoms with E-state index >= 15 is 0 Å². The van der Waals surface area contributed by atoms with Crippen LogP contribution in [0.4, 0.5) is 18.9 Å². The molecule has 250 valence electrons. The number of hydrogen-bond donors (Lipinski definition) is 2. The van der Waals surface area contributed by atoms with Crippen molar-refractivity contribution < 1.29 is 42.5 Å². The Morgan fingerprint density at radius 3 is 1.67 bits per heavy atom. The first-order valence-electron chi connectivity index (χ1n) is 15.6. The van der Waals surface area contributed by atoms with E-state index in [1.165, 1.54) is 4.90 Å². The fourth-order valence-electron chi connectivity index (χ4n) is 6.19. The summed E-state index contributed by atoms with van der Waals surface area (Å²) in [7, 11) is 0. The Hall–Kier alpha value is -5.00. The highest BCUT2D eigenvalue weighted by Crippen LogP contribution is 2.42. The van der Waals surface area contributed by atoms with Crippen LogP contribution < -0.4 is 9.64 Å². The predicted molar refractivity (Wildman–Crippen MR) is 173 cm³/mol. The number of carbonyl (C=O) groups is 3. The first-order valence-corrected chi connectivity index (χ1v) is 15.6. The molecule has 0 bridgehead atoms. The van der Waals surface area contributed by atoms with Crippen LogP contribution in [0.5, 0.6) is 5.75 Å². The molecule has 6 rings (SSSR count). The van der Waals surface area contributed by atoms with Crippen LogP contribution in [0.1, 0.15) is 51.1 Å². The number of hydrogen-bond acceptors (Lipinski definition) is 6. The van der Waals surface area contributed by atoms with E-state index in [0.717, 1.165) is 50.0 Å². The minimum absolute atomic E-state index is 0.139. The fraction of sp³-hybridized carbons (Fsp3) is 0.270. The number of halogens is 3. The summed E-state index contributed by atoms with van der Waals surface area (Å²) in [5.74, 6) is -2.50. The standard InChI is InChI=1S/C35H34N2O4.C2HF3O2/c38-33-31-14-7-8-15-32(31)34(39)37(33)29-16-18-30(19-17-29)41-25-9-22-36-23-20-28(21-24-36)35(40,26-10-3-1-4-11-26)27-12-5-2-6-13-27;3-2(4,5)1(6)7/h1-8,10-19,28,40H,9,20-25H2;(H,6,7). The third-order valence-corrected chi connectivity index (χ3v) is 8.63. The van der Waals surface area contributed by atoms with Crippen molar-refractivity contribution in [3.8, 4) is 5.75 Å². The van der Waals surface area contributed by atoms with Gasteiger partial charge in [0.2, 0.25) is 0 Å². The first-order chi connectivity index (χ1) is 23.0. The minimum atomic E-state index is -5.08. The van der Waals surface area contributed by atoms with Crippen LogP contribution in [-0.2, 0) is 10.4 Å². The summed E-state index contributed by atoms with van der Waals surface area (Å²) >= 11 is 0. The number of carboxylic acid groups (broad SMARTS) is 1. The monoisotopic (exact) mass is 660 g/mol. The maximum Gasteiger partial charge on any atom is 0.490 e. The van der Waals surface area contributed by atoms with E-state index in [1.54, 1.807) is 48.5 Å². The highest BCUT2D eigenvalue weighted by molar-refractivity contribution is 6.34. The predicted octanol–water partition coefficient (Wildman–Crippen LogP) is 6.54. The Bertz CT molecular complexity index is 1630. The van der Waals surface area contributed by atoms with Crippen LogP contribution in [-0.4, -0.2) is 65.3 Å². The average molecular weight is 661 g/mol. The lowest BCUT2D eigenvalue weighted by Crippen LogP contribution is -2.44. The van der Waals surface area contributed by atoms with Crippen molar-refractivity contribution in [1.82, 2.24) is 4.90 Å². The van der Waals surface area contributed by atoms with Gasteiger partial charge in [0, 0.05) is 6.54 Å². The molecule has 1 fully saturated rings. The Morgan fingerprint density at radius 1 is 0.750 bits per heavy atom. The first kappa shape index (κ1) is 34.3. The molecule has 0 unspecified atom stereocenters. The Kier molecular flexibility index (Phi) is 10.6. The number of fused-ring (bicyclic) bond motifs is 1. The van der Waals surface area contributed by atoms with Crippen LogP contribution >= 0.6 is 0 Å². The number of amides is 2. The summed E-state index contributed by atoms with van der Waals surface area (Å²) in [5, 5.41) is 19.2. The van der Waals surface area contributed by atoms with Gasteiger partial charge < -0.3 is 19.8 Å². The molecule has 4 aromatic rings. The summed E-state index contributed by atoms with van der Waals surface area (Å²) in [5.41, 5.74) is 2.31. The van der Waals surface area contributed by atoms with Gasteiger partial charge in [0.15, 0.2) is 0 Å². The zero-order valence-corrected chi connectivity index (χ0v) is 26.0. The van der Waals surface area contributed by atoms with E-state index in [2.05, 4.69) is 4.90 Å². The zero-order chi connectivity index (χ0) is 34.3. The number of carbonyl (C=O) groups excluding carboxylic acids is 2. The summed E-state index contributed by atoms with van der Waals surface area (Å²) in [6.07, 6.45) is -2.37. The van der Waals surface area contributed by atoms with Crippen molar-refractivity contribution in [1.29, 1.82) is 0 Å². The molecule has 1 saturated heterocycles. The van der Waals surface area contributed by atoms with Crippen molar-refractivity contribution in [3.05, 3.63) is 131 Å². The van der Waals surface area contributed by atoms with Crippen molar-refractivity contribution >= 4 is 23.5 Å². The van der Waals surface area contributed by atoms with E-state index in [4.69, 9.17) is 14.6 Å². The van der Waals surface area contributed by atoms with Gasteiger partial charge in [-0.15, -0.1) is 0 Å². The van der Waals surface area contributed by atoms with E-state index < -0.39 is 17.7 Å². The molecule has 2 aliphatic heterocycles. The fourth-order valence-corrected chi connectivity index (χ4v) is 6.19. The molecule has 0 atom stereocenters. The quantitative estimate of drug-likeness (QED) is 0.155. The zero-order valence-electron chi connectivity index (χ0n) is 26.0. The lowest BCUT2D eigenvalue weighted by atomic mass is 9.72. The van der Waals surface area contributed by atoms with Gasteiger partial charge in [-0.05, 0) is 85.8 Å². The topological polar surface area (TPSA) is 107 Å². The van der Waals surface area contributed by atoms with Gasteiger partial charge in [-0.1, -0.05) is 72.8 Å². The van der Waals surface area contributed by atoms with Crippen LogP contribution in [0.3, 0.4) is 0 Å². The van der Waals surface area contributed by atoms with Gasteiger partial charge in [0.1, 0.15) is 11.4 Å². The molecule has 48 heavy (non-hydrogen) atoms. The molecule has 4 aromatic carbocycles. The third kappa shape index (κ3) is 7.58. The number of anilines is 1. The molecule has 0 aliphatic carbocycles. The molecule has 2 N–H and O–H groups in total. The number of benzene rings is 4. The largest absolute Gasteiger partial charge is 0.494 e. The number of nitrogens with zero attached hydrogens (tertiary/aromatic N) is 2. The molecule has 2 amide bonds. The van der Waals surface area contributed by atoms with E-state index in [9.17, 15) is 27.9 Å². The van der Waals surface area contributed by atoms with Crippen molar-refractivity contribution in [2.24, 2.45) is 5.92 Å². The van der Waals surface area contributed by atoms with Crippen LogP contribution in [0, 0.1) is 5.92 Å². The van der Waals surface area contributed by atoms with Gasteiger partial charge in [-0.25, -0.2) is 9.69 Å². The van der Waals surface area contributed by atoms with Gasteiger partial charge in [-0.3, -0.25) is 9.59 Å². The van der Waals surface area contributed by atoms with Gasteiger partial charge in [-0.2, -0.15) is 13.2 Å². The second-order valence-electron chi connectivity index (χ2n) is 11.6. The minimum Gasteiger partial charge on any atom is -0.494 e. The maximum atomic E-state index is 12.7. The number of imide groups is 1. The number of piperidine rings is 1. The average Bonchev–Trinajstić information content (AvgIpc) is 3.36. The Labute approximate surface area is 276 Å². The number of aliphatic hydroxyl groups is 1. The number of carboxylic acids is 1. The molecular weight excluding hydrogens is 625 g/mol. The Morgan fingerprint density at radius 2 is 1.21 bits per heavy atom. The molecule has 11 heteroatoms. The highest BCUT2D eigenvalue weighted by Gasteiger charge is 2.41. The summed E-state index contributed by atoms with van der Waals surface area (Å²) in [6.45, 7) is 3.36. The highest BCUT2D eigenvalue weighted by atomic mass is 19.4. The lowest BCUT2D eigenvalue weighted by molar-refractivity contribution is -0.192. The molecule has 2 heterocycles. The van der Waals surface area contributed by atoms with E-state index in [-0.39, 0.29) is 17.7 Å². The summed E-state index contributed by atoms with van der Waals surface area (Å²) in [6, 6.07) is 34.1. The molecule has 8 nitrogen and oxygen atoms in total. The van der Waals surface area contributed by atoms with Crippen LogP contribution in [0.2, 0.25) is 0 Å². The summed E-state index contributed by atoms with van der Waals surface area (Å²) in [4.78, 5) is 38.0. The number of aliphatic carboxylic acids is 1. The second kappa shape index (κ2) is 14.8. The van der Waals surface area contributed by atoms with Crippen LogP contribution in [0.25, 0.3) is 0 Å². The summed E-state index contributed by atoms with van der Waals surface area (Å²) < 4.78 is 37.7. The normalized spacial score (nSPS) is 15.5. The van der Waals surface area contributed by atoms with Crippen molar-refractivity contribution in [2.75, 3.05) is 31.1 Å². The third-order valence-electron chi connectivity index (χ3n) is 8.63. The smallest absolute Gasteiger partial charge is 0.490 e. The van der Waals surface area contributed by atoms with Crippen LogP contribution in [0.15, 0.2) is 109 Å². The molecule has 2 aliphatic rings. The number of likely N-dealkylation sites (tertiary alicyclic amines) is 1. The van der Waals surface area contributed by atoms with E-state index in [1.807, 2.05) is 60.7 Å². The van der Waals surface area contributed by atoms with E-state index in [0.29, 0.717) is 29.2 Å². The van der Waals surface area contributed by atoms with Gasteiger partial charge in [0.05, 0.1) is 23.4 Å². The number of ether oxygens (including phenoxy) is 1. The van der Waals surface area contributed by atoms with Crippen molar-refractivity contribution in [3.63, 3.8) is 0 Å². The number of rotatable bonds is 9. The van der Waals surface area contributed by atoms with Gasteiger partial charge in [0.25, 0.3) is 11.8 Å². The number of alkyl halides is 3. The Balaban J connectivity index is 0.000000582. The van der Waals surface area contributed by atoms with Crippen molar-refractivity contribution in [2.45, 2.75) is 31.0 Å². The second-order valence-corrected chi connectivity index (χ2v) is 11.6. The maximum absolute atomic E-state index is 12.7. The molecule has 0 radical (unpaired) electrons. The molecule has 0 aromatic heterocycles. The molecule has 0 spiro atoms.